The first-order valence-electron chi connectivity index (χ1n) is 10.6. The Balaban J connectivity index is 1.22. The maximum absolute atomic E-state index is 13.2. The monoisotopic (exact) mass is 433 g/mol. The van der Waals surface area contributed by atoms with Gasteiger partial charge in [-0.2, -0.15) is 0 Å². The predicted molar refractivity (Wildman–Crippen MR) is 115 cm³/mol. The van der Waals surface area contributed by atoms with Crippen molar-refractivity contribution in [3.63, 3.8) is 0 Å². The molecule has 2 aromatic rings. The van der Waals surface area contributed by atoms with E-state index in [-0.39, 0.29) is 35.5 Å². The standard InChI is InChI=1S/C25H20ClNO4/c1-12-10-15(6-9-20(12)26)31-25(30)13-2-4-14(5-3-13)27-23(28)21-16-7-8-17(19-11-18(16)19)22(21)24(27)29/h2-10,16-19,21-22H,11H2,1H3/t16-,17+,18-,19-,21+,22-/m1/s1. The van der Waals surface area contributed by atoms with Gasteiger partial charge >= 0.3 is 5.97 Å². The number of carbonyl (C=O) groups excluding carboxylic acids is 3. The zero-order chi connectivity index (χ0) is 21.4. The molecule has 6 heteroatoms. The molecule has 0 aromatic heterocycles. The number of aryl methyl sites for hydroxylation is 1. The molecular weight excluding hydrogens is 414 g/mol. The van der Waals surface area contributed by atoms with Gasteiger partial charge < -0.3 is 4.74 Å². The zero-order valence-electron chi connectivity index (χ0n) is 16.8. The van der Waals surface area contributed by atoms with Gasteiger partial charge in [0.05, 0.1) is 23.1 Å². The molecular formula is C25H20ClNO4. The lowest BCUT2D eigenvalue weighted by Crippen LogP contribution is -2.40. The van der Waals surface area contributed by atoms with Gasteiger partial charge in [0.15, 0.2) is 0 Å². The molecule has 2 aromatic carbocycles. The molecule has 2 saturated carbocycles. The summed E-state index contributed by atoms with van der Waals surface area (Å²) in [4.78, 5) is 40.2. The molecule has 0 spiro atoms. The minimum absolute atomic E-state index is 0.105. The summed E-state index contributed by atoms with van der Waals surface area (Å²) in [6, 6.07) is 11.5. The number of benzene rings is 2. The van der Waals surface area contributed by atoms with E-state index in [1.165, 1.54) is 4.90 Å². The number of carbonyl (C=O) groups is 3. The number of ether oxygens (including phenoxy) is 1. The number of halogens is 1. The lowest BCUT2D eigenvalue weighted by molar-refractivity contribution is -0.124. The lowest BCUT2D eigenvalue weighted by atomic mass is 9.63. The number of anilines is 1. The summed E-state index contributed by atoms with van der Waals surface area (Å²) in [5.41, 5.74) is 1.67. The topological polar surface area (TPSA) is 63.7 Å². The van der Waals surface area contributed by atoms with Crippen molar-refractivity contribution in [2.45, 2.75) is 13.3 Å². The molecule has 0 radical (unpaired) electrons. The molecule has 1 heterocycles. The molecule has 0 unspecified atom stereocenters. The van der Waals surface area contributed by atoms with E-state index in [4.69, 9.17) is 16.3 Å². The average molecular weight is 434 g/mol. The molecule has 2 amide bonds. The summed E-state index contributed by atoms with van der Waals surface area (Å²) >= 11 is 6.01. The molecule has 1 aliphatic heterocycles. The molecule has 6 atom stereocenters. The molecule has 1 saturated heterocycles. The van der Waals surface area contributed by atoms with Crippen molar-refractivity contribution in [1.29, 1.82) is 0 Å². The fraction of sp³-hybridized carbons (Fsp3) is 0.320. The zero-order valence-corrected chi connectivity index (χ0v) is 17.6. The average Bonchev–Trinajstić information content (AvgIpc) is 3.54. The second-order valence-corrected chi connectivity index (χ2v) is 9.42. The number of hydrogen-bond donors (Lipinski definition) is 0. The predicted octanol–water partition coefficient (Wildman–Crippen LogP) is 4.43. The van der Waals surface area contributed by atoms with Crippen LogP contribution in [-0.4, -0.2) is 17.8 Å². The highest BCUT2D eigenvalue weighted by Gasteiger charge is 2.67. The summed E-state index contributed by atoms with van der Waals surface area (Å²) in [5.74, 6) is 0.751. The smallest absolute Gasteiger partial charge is 0.343 e. The first-order chi connectivity index (χ1) is 14.9. The highest BCUT2D eigenvalue weighted by molar-refractivity contribution is 6.31. The summed E-state index contributed by atoms with van der Waals surface area (Å²) in [5, 5.41) is 0.602. The Morgan fingerprint density at radius 1 is 0.968 bits per heavy atom. The van der Waals surface area contributed by atoms with Crippen LogP contribution in [0.15, 0.2) is 54.6 Å². The van der Waals surface area contributed by atoms with Crippen LogP contribution in [0, 0.1) is 42.4 Å². The van der Waals surface area contributed by atoms with Gasteiger partial charge in [-0.3, -0.25) is 14.5 Å². The van der Waals surface area contributed by atoms with Crippen LogP contribution in [-0.2, 0) is 9.59 Å². The molecule has 4 aliphatic carbocycles. The van der Waals surface area contributed by atoms with Gasteiger partial charge in [-0.15, -0.1) is 0 Å². The maximum atomic E-state index is 13.2. The van der Waals surface area contributed by atoms with Gasteiger partial charge in [0.1, 0.15) is 5.75 Å². The first-order valence-corrected chi connectivity index (χ1v) is 11.0. The SMILES string of the molecule is Cc1cc(OC(=O)c2ccc(N3C(=O)[C@@H]4[C@H]5C=C[C@H]([C@H]6C[C@H]56)[C@@H]4C3=O)cc2)ccc1Cl. The van der Waals surface area contributed by atoms with Gasteiger partial charge in [0, 0.05) is 5.02 Å². The van der Waals surface area contributed by atoms with Gasteiger partial charge in [-0.05, 0) is 85.0 Å². The van der Waals surface area contributed by atoms with Crippen molar-refractivity contribution in [1.82, 2.24) is 0 Å². The Hall–Kier alpha value is -2.92. The second-order valence-electron chi connectivity index (χ2n) is 9.01. The third-order valence-electron chi connectivity index (χ3n) is 7.36. The Morgan fingerprint density at radius 3 is 2.16 bits per heavy atom. The molecule has 7 rings (SSSR count). The molecule has 0 N–H and O–H groups in total. The fourth-order valence-electron chi connectivity index (χ4n) is 5.80. The van der Waals surface area contributed by atoms with Crippen molar-refractivity contribution in [3.8, 4) is 5.75 Å². The number of hydrogen-bond acceptors (Lipinski definition) is 4. The number of esters is 1. The van der Waals surface area contributed by atoms with Crippen LogP contribution in [0.1, 0.15) is 22.3 Å². The molecule has 31 heavy (non-hydrogen) atoms. The number of allylic oxidation sites excluding steroid dienone is 2. The number of imide groups is 1. The third kappa shape index (κ3) is 2.72. The van der Waals surface area contributed by atoms with Gasteiger partial charge in [0.25, 0.3) is 0 Å². The first kappa shape index (κ1) is 18.8. The summed E-state index contributed by atoms with van der Waals surface area (Å²) < 4.78 is 5.42. The van der Waals surface area contributed by atoms with Crippen molar-refractivity contribution < 1.29 is 19.1 Å². The largest absolute Gasteiger partial charge is 0.423 e. The van der Waals surface area contributed by atoms with E-state index in [0.717, 1.165) is 12.0 Å². The highest BCUT2D eigenvalue weighted by atomic mass is 35.5. The summed E-state index contributed by atoms with van der Waals surface area (Å²) in [6.45, 7) is 1.83. The number of nitrogens with zero attached hydrogens (tertiary/aromatic N) is 1. The maximum Gasteiger partial charge on any atom is 0.343 e. The van der Waals surface area contributed by atoms with E-state index < -0.39 is 5.97 Å². The molecule has 156 valence electrons. The Kier molecular flexibility index (Phi) is 3.97. The van der Waals surface area contributed by atoms with Gasteiger partial charge in [-0.25, -0.2) is 4.79 Å². The quantitative estimate of drug-likeness (QED) is 0.311. The normalized spacial score (nSPS) is 32.1. The Morgan fingerprint density at radius 2 is 1.58 bits per heavy atom. The van der Waals surface area contributed by atoms with Gasteiger partial charge in [-0.1, -0.05) is 23.8 Å². The van der Waals surface area contributed by atoms with E-state index in [2.05, 4.69) is 12.2 Å². The molecule has 3 fully saturated rings. The van der Waals surface area contributed by atoms with E-state index >= 15 is 0 Å². The van der Waals surface area contributed by atoms with Crippen LogP contribution in [0.25, 0.3) is 0 Å². The van der Waals surface area contributed by atoms with E-state index in [1.54, 1.807) is 42.5 Å². The van der Waals surface area contributed by atoms with Gasteiger partial charge in [0.2, 0.25) is 11.8 Å². The van der Waals surface area contributed by atoms with Crippen molar-refractivity contribution in [3.05, 3.63) is 70.8 Å². The number of amides is 2. The fourth-order valence-corrected chi connectivity index (χ4v) is 5.92. The van der Waals surface area contributed by atoms with E-state index in [0.29, 0.717) is 33.9 Å². The third-order valence-corrected chi connectivity index (χ3v) is 7.79. The Labute approximate surface area is 184 Å². The summed E-state index contributed by atoms with van der Waals surface area (Å²) in [7, 11) is 0. The highest BCUT2D eigenvalue weighted by Crippen LogP contribution is 2.65. The van der Waals surface area contributed by atoms with Crippen LogP contribution >= 0.6 is 11.6 Å². The van der Waals surface area contributed by atoms with Crippen LogP contribution < -0.4 is 9.64 Å². The van der Waals surface area contributed by atoms with Crippen LogP contribution in [0.5, 0.6) is 5.75 Å². The van der Waals surface area contributed by atoms with Crippen molar-refractivity contribution in [2.24, 2.45) is 35.5 Å². The van der Waals surface area contributed by atoms with Crippen molar-refractivity contribution in [2.75, 3.05) is 4.90 Å². The Bertz CT molecular complexity index is 1130. The molecule has 5 nitrogen and oxygen atoms in total. The second kappa shape index (κ2) is 6.54. The summed E-state index contributed by atoms with van der Waals surface area (Å²) in [6.07, 6.45) is 5.46. The van der Waals surface area contributed by atoms with E-state index in [1.807, 2.05) is 6.92 Å². The minimum atomic E-state index is -0.511. The van der Waals surface area contributed by atoms with E-state index in [9.17, 15) is 14.4 Å². The lowest BCUT2D eigenvalue weighted by Gasteiger charge is -2.37. The minimum Gasteiger partial charge on any atom is -0.423 e. The molecule has 5 aliphatic rings. The van der Waals surface area contributed by atoms with Crippen LogP contribution in [0.2, 0.25) is 5.02 Å². The molecule has 2 bridgehead atoms. The van der Waals surface area contributed by atoms with Crippen molar-refractivity contribution >= 4 is 35.1 Å². The van der Waals surface area contributed by atoms with Crippen LogP contribution in [0.4, 0.5) is 5.69 Å². The number of rotatable bonds is 3. The van der Waals surface area contributed by atoms with Crippen LogP contribution in [0.3, 0.4) is 0 Å².